The first-order valence-corrected chi connectivity index (χ1v) is 11.7. The van der Waals surface area contributed by atoms with E-state index in [1.54, 1.807) is 6.20 Å². The van der Waals surface area contributed by atoms with Crippen molar-refractivity contribution >= 4 is 20.9 Å². The van der Waals surface area contributed by atoms with Crippen LogP contribution in [-0.4, -0.2) is 40.1 Å². The molecule has 2 atom stereocenters. The first kappa shape index (κ1) is 20.0. The van der Waals surface area contributed by atoms with Crippen molar-refractivity contribution in [1.29, 1.82) is 0 Å². The van der Waals surface area contributed by atoms with Crippen LogP contribution < -0.4 is 0 Å². The van der Waals surface area contributed by atoms with Crippen molar-refractivity contribution in [1.82, 2.24) is 19.1 Å². The van der Waals surface area contributed by atoms with Crippen molar-refractivity contribution in [3.63, 3.8) is 0 Å². The topological polar surface area (TPSA) is 71.0 Å². The van der Waals surface area contributed by atoms with Gasteiger partial charge in [-0.1, -0.05) is 12.1 Å². The molecule has 0 amide bonds. The molecular weight excluding hydrogens is 415 g/mol. The number of hydrogen-bond acceptors (Lipinski definition) is 3. The molecular formula is C23H23FN4O2S. The lowest BCUT2D eigenvalue weighted by molar-refractivity contribution is 0.399. The number of aromatic nitrogens is 3. The van der Waals surface area contributed by atoms with E-state index in [1.807, 2.05) is 13.1 Å². The summed E-state index contributed by atoms with van der Waals surface area (Å²) in [6.07, 6.45) is 6.48. The maximum Gasteiger partial charge on any atom is 0.243 e. The monoisotopic (exact) mass is 438 g/mol. The highest BCUT2D eigenvalue weighted by Crippen LogP contribution is 2.32. The third-order valence-electron chi connectivity index (χ3n) is 6.06. The number of rotatable bonds is 5. The van der Waals surface area contributed by atoms with Crippen LogP contribution in [0, 0.1) is 11.7 Å². The number of aromatic amines is 1. The van der Waals surface area contributed by atoms with Gasteiger partial charge in [0, 0.05) is 48.0 Å². The lowest BCUT2D eigenvalue weighted by Gasteiger charge is -2.21. The molecule has 3 heterocycles. The minimum absolute atomic E-state index is 0.0122. The maximum absolute atomic E-state index is 13.6. The molecule has 1 N–H and O–H groups in total. The van der Waals surface area contributed by atoms with E-state index in [0.29, 0.717) is 6.54 Å². The molecule has 1 saturated heterocycles. The van der Waals surface area contributed by atoms with Crippen LogP contribution in [-0.2, 0) is 16.6 Å². The van der Waals surface area contributed by atoms with E-state index in [4.69, 9.17) is 0 Å². The Balaban J connectivity index is 1.36. The van der Waals surface area contributed by atoms with Crippen molar-refractivity contribution in [3.05, 3.63) is 72.9 Å². The second-order valence-corrected chi connectivity index (χ2v) is 10.1. The van der Waals surface area contributed by atoms with Crippen molar-refractivity contribution in [2.24, 2.45) is 5.92 Å². The molecule has 2 aromatic heterocycles. The summed E-state index contributed by atoms with van der Waals surface area (Å²) in [5, 5.41) is 7.98. The highest BCUT2D eigenvalue weighted by molar-refractivity contribution is 7.89. The molecule has 0 aliphatic carbocycles. The van der Waals surface area contributed by atoms with Crippen LogP contribution >= 0.6 is 0 Å². The van der Waals surface area contributed by atoms with Gasteiger partial charge in [0.15, 0.2) is 0 Å². The zero-order chi connectivity index (χ0) is 21.6. The predicted octanol–water partition coefficient (Wildman–Crippen LogP) is 4.27. The number of nitrogens with zero attached hydrogens (tertiary/aromatic N) is 3. The number of hydrogen-bond donors (Lipinski definition) is 1. The number of halogens is 1. The van der Waals surface area contributed by atoms with Crippen molar-refractivity contribution in [2.75, 3.05) is 6.54 Å². The average Bonchev–Trinajstić information content (AvgIpc) is 3.49. The largest absolute Gasteiger partial charge is 0.347 e. The summed E-state index contributed by atoms with van der Waals surface area (Å²) in [5.74, 6) is -0.361. The quantitative estimate of drug-likeness (QED) is 0.506. The molecule has 0 unspecified atom stereocenters. The first-order chi connectivity index (χ1) is 14.9. The molecule has 0 saturated carbocycles. The Morgan fingerprint density at radius 1 is 1.16 bits per heavy atom. The summed E-state index contributed by atoms with van der Waals surface area (Å²) in [4.78, 5) is 0.0122. The van der Waals surface area contributed by atoms with Crippen LogP contribution in [0.3, 0.4) is 0 Å². The molecule has 1 aliphatic rings. The van der Waals surface area contributed by atoms with Gasteiger partial charge in [0.1, 0.15) is 5.82 Å². The van der Waals surface area contributed by atoms with Gasteiger partial charge in [0.2, 0.25) is 10.0 Å². The second kappa shape index (κ2) is 7.62. The van der Waals surface area contributed by atoms with Gasteiger partial charge in [0.05, 0.1) is 11.1 Å². The van der Waals surface area contributed by atoms with E-state index in [0.717, 1.165) is 41.1 Å². The lowest BCUT2D eigenvalue weighted by atomic mass is 10.1. The summed E-state index contributed by atoms with van der Waals surface area (Å²) in [5.41, 5.74) is 3.25. The van der Waals surface area contributed by atoms with Gasteiger partial charge in [-0.15, -0.1) is 0 Å². The fourth-order valence-corrected chi connectivity index (χ4v) is 6.31. The molecule has 4 aromatic rings. The molecule has 160 valence electrons. The Labute approximate surface area is 180 Å². The lowest BCUT2D eigenvalue weighted by Crippen LogP contribution is -2.34. The van der Waals surface area contributed by atoms with Gasteiger partial charge in [-0.3, -0.25) is 5.10 Å². The Hall–Kier alpha value is -2.97. The zero-order valence-electron chi connectivity index (χ0n) is 17.1. The van der Waals surface area contributed by atoms with Gasteiger partial charge >= 0.3 is 0 Å². The van der Waals surface area contributed by atoms with Crippen LogP contribution in [0.25, 0.3) is 22.0 Å². The van der Waals surface area contributed by atoms with Gasteiger partial charge in [-0.2, -0.15) is 9.40 Å². The highest BCUT2D eigenvalue weighted by Gasteiger charge is 2.38. The van der Waals surface area contributed by atoms with Gasteiger partial charge in [-0.05, 0) is 61.2 Å². The summed E-state index contributed by atoms with van der Waals surface area (Å²) in [7, 11) is -3.72. The molecule has 6 nitrogen and oxygen atoms in total. The molecule has 1 aliphatic heterocycles. The number of H-pyrrole nitrogens is 1. The van der Waals surface area contributed by atoms with Gasteiger partial charge < -0.3 is 4.57 Å². The fourth-order valence-electron chi connectivity index (χ4n) is 4.56. The highest BCUT2D eigenvalue weighted by atomic mass is 32.2. The van der Waals surface area contributed by atoms with E-state index in [9.17, 15) is 12.8 Å². The third-order valence-corrected chi connectivity index (χ3v) is 8.04. The third kappa shape index (κ3) is 3.66. The average molecular weight is 439 g/mol. The summed E-state index contributed by atoms with van der Waals surface area (Å²) in [6, 6.07) is 13.5. The van der Waals surface area contributed by atoms with E-state index in [2.05, 4.69) is 45.2 Å². The standard InChI is InChI=1S/C23H23FN4O2S/c1-16-9-17(15-28(16)31(29,30)22-4-2-3-21(24)11-22)14-27-8-7-19-10-18(5-6-23(19)27)20-12-25-26-13-20/h2-8,10-13,16-17H,9,14-15H2,1H3,(H,25,26)/t16-,17+/m1/s1. The smallest absolute Gasteiger partial charge is 0.243 e. The van der Waals surface area contributed by atoms with E-state index in [-0.39, 0.29) is 16.9 Å². The maximum atomic E-state index is 13.6. The van der Waals surface area contributed by atoms with Gasteiger partial charge in [-0.25, -0.2) is 12.8 Å². The molecule has 8 heteroatoms. The van der Waals surface area contributed by atoms with Gasteiger partial charge in [0.25, 0.3) is 0 Å². The predicted molar refractivity (Wildman–Crippen MR) is 117 cm³/mol. The molecule has 5 rings (SSSR count). The fraction of sp³-hybridized carbons (Fsp3) is 0.261. The first-order valence-electron chi connectivity index (χ1n) is 10.3. The Kier molecular flexibility index (Phi) is 4.91. The molecule has 0 radical (unpaired) electrons. The summed E-state index contributed by atoms with van der Waals surface area (Å²) < 4.78 is 43.4. The number of fused-ring (bicyclic) bond motifs is 1. The summed E-state index contributed by atoms with van der Waals surface area (Å²) >= 11 is 0. The van der Waals surface area contributed by atoms with Crippen molar-refractivity contribution in [3.8, 4) is 11.1 Å². The van der Waals surface area contributed by atoms with Crippen LogP contribution in [0.2, 0.25) is 0 Å². The summed E-state index contributed by atoms with van der Waals surface area (Å²) in [6.45, 7) is 3.07. The molecule has 0 spiro atoms. The minimum Gasteiger partial charge on any atom is -0.347 e. The number of benzene rings is 2. The van der Waals surface area contributed by atoms with Crippen molar-refractivity contribution in [2.45, 2.75) is 30.8 Å². The van der Waals surface area contributed by atoms with Crippen LogP contribution in [0.1, 0.15) is 13.3 Å². The van der Waals surface area contributed by atoms with Crippen LogP contribution in [0.4, 0.5) is 4.39 Å². The molecule has 0 bridgehead atoms. The van der Waals surface area contributed by atoms with Crippen LogP contribution in [0.5, 0.6) is 0 Å². The molecule has 2 aromatic carbocycles. The SMILES string of the molecule is C[C@@H]1C[C@@H](Cn2ccc3cc(-c4cn[nH]c4)ccc32)CN1S(=O)(=O)c1cccc(F)c1. The van der Waals surface area contributed by atoms with E-state index >= 15 is 0 Å². The number of sulfonamides is 1. The minimum atomic E-state index is -3.72. The van der Waals surface area contributed by atoms with E-state index < -0.39 is 15.8 Å². The van der Waals surface area contributed by atoms with E-state index in [1.165, 1.54) is 22.5 Å². The van der Waals surface area contributed by atoms with Crippen molar-refractivity contribution < 1.29 is 12.8 Å². The van der Waals surface area contributed by atoms with Crippen LogP contribution in [0.15, 0.2) is 72.0 Å². The molecule has 1 fully saturated rings. The Morgan fingerprint density at radius 2 is 2.03 bits per heavy atom. The normalized spacial score (nSPS) is 19.9. The number of nitrogens with one attached hydrogen (secondary N) is 1. The Bertz CT molecular complexity index is 1330. The molecule has 31 heavy (non-hydrogen) atoms. The zero-order valence-corrected chi connectivity index (χ0v) is 17.9. The second-order valence-electron chi connectivity index (χ2n) is 8.21. The Morgan fingerprint density at radius 3 is 2.81 bits per heavy atom.